The van der Waals surface area contributed by atoms with Crippen LogP contribution in [0, 0.1) is 17.1 Å². The molecule has 1 fully saturated rings. The summed E-state index contributed by atoms with van der Waals surface area (Å²) in [7, 11) is -3.71. The molecule has 0 radical (unpaired) electrons. The number of hydrogen-bond donors (Lipinski definition) is 2. The molecule has 0 bridgehead atoms. The minimum atomic E-state index is -3.71. The molecule has 0 atom stereocenters. The van der Waals surface area contributed by atoms with Gasteiger partial charge in [-0.3, -0.25) is 10.4 Å². The third-order valence-electron chi connectivity index (χ3n) is 3.21. The van der Waals surface area contributed by atoms with Crippen molar-refractivity contribution in [1.29, 1.82) is 5.41 Å². The van der Waals surface area contributed by atoms with E-state index in [1.54, 1.807) is 0 Å². The van der Waals surface area contributed by atoms with Gasteiger partial charge >= 0.3 is 0 Å². The Morgan fingerprint density at radius 2 is 2.05 bits per heavy atom. The van der Waals surface area contributed by atoms with Crippen molar-refractivity contribution in [2.24, 2.45) is 11.7 Å². The van der Waals surface area contributed by atoms with Gasteiger partial charge in [-0.15, -0.1) is 0 Å². The molecule has 0 aromatic carbocycles. The number of nitrogens with one attached hydrogen (secondary N) is 1. The Kier molecular flexibility index (Phi) is 3.81. The molecule has 6 nitrogen and oxygen atoms in total. The van der Waals surface area contributed by atoms with Crippen LogP contribution < -0.4 is 5.73 Å². The smallest absolute Gasteiger partial charge is 0.244 e. The third-order valence-corrected chi connectivity index (χ3v) is 5.08. The number of pyridine rings is 1. The number of amidine groups is 1. The molecule has 0 unspecified atom stereocenters. The molecule has 2 heterocycles. The standard InChI is InChI=1S/C11H15FN4O2S/c12-9-5-10(7-15-6-9)19(17,18)16-3-1-8(2-4-16)11(13)14/h5-8H,1-4H2,(H3,13,14). The van der Waals surface area contributed by atoms with E-state index < -0.39 is 15.8 Å². The van der Waals surface area contributed by atoms with Gasteiger partial charge in [0.1, 0.15) is 10.7 Å². The number of sulfonamides is 1. The van der Waals surface area contributed by atoms with E-state index in [0.29, 0.717) is 12.8 Å². The topological polar surface area (TPSA) is 100 Å². The Bertz CT molecular complexity index is 582. The normalized spacial score (nSPS) is 18.4. The first-order valence-corrected chi connectivity index (χ1v) is 7.30. The fourth-order valence-corrected chi connectivity index (χ4v) is 3.53. The summed E-state index contributed by atoms with van der Waals surface area (Å²) in [5.41, 5.74) is 5.41. The SMILES string of the molecule is N=C(N)C1CCN(S(=O)(=O)c2cncc(F)c2)CC1. The lowest BCUT2D eigenvalue weighted by atomic mass is 9.97. The van der Waals surface area contributed by atoms with Gasteiger partial charge in [-0.2, -0.15) is 4.31 Å². The Balaban J connectivity index is 2.16. The van der Waals surface area contributed by atoms with E-state index in [4.69, 9.17) is 11.1 Å². The van der Waals surface area contributed by atoms with Gasteiger partial charge in [0.05, 0.1) is 12.0 Å². The summed E-state index contributed by atoms with van der Waals surface area (Å²) < 4.78 is 38.8. The van der Waals surface area contributed by atoms with Crippen LogP contribution in [0.15, 0.2) is 23.4 Å². The maximum absolute atomic E-state index is 13.0. The van der Waals surface area contributed by atoms with E-state index in [2.05, 4.69) is 4.98 Å². The van der Waals surface area contributed by atoms with Crippen molar-refractivity contribution in [1.82, 2.24) is 9.29 Å². The first kappa shape index (κ1) is 13.9. The Labute approximate surface area is 111 Å². The average molecular weight is 286 g/mol. The van der Waals surface area contributed by atoms with Gasteiger partial charge in [-0.25, -0.2) is 12.8 Å². The predicted octanol–water partition coefficient (Wildman–Crippen LogP) is 0.557. The van der Waals surface area contributed by atoms with Crippen LogP contribution in [0.4, 0.5) is 4.39 Å². The predicted molar refractivity (Wildman–Crippen MR) is 67.6 cm³/mol. The molecule has 0 aliphatic carbocycles. The number of nitrogens with two attached hydrogens (primary N) is 1. The van der Waals surface area contributed by atoms with Gasteiger partial charge in [0, 0.05) is 25.2 Å². The van der Waals surface area contributed by atoms with E-state index in [0.717, 1.165) is 18.5 Å². The Morgan fingerprint density at radius 3 is 2.58 bits per heavy atom. The zero-order valence-electron chi connectivity index (χ0n) is 10.2. The minimum absolute atomic E-state index is 0.0721. The Hall–Kier alpha value is -1.54. The average Bonchev–Trinajstić information content (AvgIpc) is 2.39. The lowest BCUT2D eigenvalue weighted by Gasteiger charge is -2.30. The zero-order valence-corrected chi connectivity index (χ0v) is 11.0. The number of nitrogens with zero attached hydrogens (tertiary/aromatic N) is 2. The summed E-state index contributed by atoms with van der Waals surface area (Å²) >= 11 is 0. The van der Waals surface area contributed by atoms with Crippen LogP contribution in [0.3, 0.4) is 0 Å². The van der Waals surface area contributed by atoms with E-state index in [1.807, 2.05) is 0 Å². The highest BCUT2D eigenvalue weighted by atomic mass is 32.2. The lowest BCUT2D eigenvalue weighted by molar-refractivity contribution is 0.314. The van der Waals surface area contributed by atoms with Crippen LogP contribution in [-0.4, -0.2) is 36.6 Å². The highest BCUT2D eigenvalue weighted by molar-refractivity contribution is 7.89. The zero-order chi connectivity index (χ0) is 14.0. The molecule has 19 heavy (non-hydrogen) atoms. The summed E-state index contributed by atoms with van der Waals surface area (Å²) in [5, 5.41) is 7.35. The highest BCUT2D eigenvalue weighted by Crippen LogP contribution is 2.23. The quantitative estimate of drug-likeness (QED) is 0.626. The molecular weight excluding hydrogens is 271 g/mol. The molecule has 2 rings (SSSR count). The first-order chi connectivity index (χ1) is 8.91. The van der Waals surface area contributed by atoms with Gasteiger partial charge in [0.2, 0.25) is 10.0 Å². The number of hydrogen-bond acceptors (Lipinski definition) is 4. The second kappa shape index (κ2) is 5.22. The van der Waals surface area contributed by atoms with Crippen molar-refractivity contribution < 1.29 is 12.8 Å². The van der Waals surface area contributed by atoms with Gasteiger partial charge in [0.25, 0.3) is 0 Å². The fraction of sp³-hybridized carbons (Fsp3) is 0.455. The molecule has 8 heteroatoms. The minimum Gasteiger partial charge on any atom is -0.387 e. The lowest BCUT2D eigenvalue weighted by Crippen LogP contribution is -2.41. The highest BCUT2D eigenvalue weighted by Gasteiger charge is 2.30. The van der Waals surface area contributed by atoms with Crippen LogP contribution in [0.2, 0.25) is 0 Å². The van der Waals surface area contributed by atoms with E-state index in [9.17, 15) is 12.8 Å². The second-order valence-corrected chi connectivity index (χ2v) is 6.41. The van der Waals surface area contributed by atoms with Crippen molar-refractivity contribution in [3.8, 4) is 0 Å². The Morgan fingerprint density at radius 1 is 1.42 bits per heavy atom. The number of halogens is 1. The van der Waals surface area contributed by atoms with Gasteiger partial charge in [-0.1, -0.05) is 0 Å². The molecule has 104 valence electrons. The molecular formula is C11H15FN4O2S. The number of aromatic nitrogens is 1. The second-order valence-electron chi connectivity index (χ2n) is 4.47. The summed E-state index contributed by atoms with van der Waals surface area (Å²) in [6.07, 6.45) is 3.12. The van der Waals surface area contributed by atoms with Crippen LogP contribution in [0.25, 0.3) is 0 Å². The summed E-state index contributed by atoms with van der Waals surface area (Å²) in [6, 6.07) is 0.958. The molecule has 1 aromatic heterocycles. The third kappa shape index (κ3) is 2.90. The van der Waals surface area contributed by atoms with Crippen LogP contribution in [0.1, 0.15) is 12.8 Å². The largest absolute Gasteiger partial charge is 0.387 e. The van der Waals surface area contributed by atoms with E-state index >= 15 is 0 Å². The summed E-state index contributed by atoms with van der Waals surface area (Å²) in [4.78, 5) is 3.41. The molecule has 0 amide bonds. The van der Waals surface area contributed by atoms with Crippen LogP contribution >= 0.6 is 0 Å². The van der Waals surface area contributed by atoms with Gasteiger partial charge in [-0.05, 0) is 18.9 Å². The molecule has 1 aliphatic heterocycles. The van der Waals surface area contributed by atoms with Gasteiger partial charge < -0.3 is 5.73 Å². The van der Waals surface area contributed by atoms with Crippen LogP contribution in [0.5, 0.6) is 0 Å². The molecule has 1 aromatic rings. The number of piperidine rings is 1. The van der Waals surface area contributed by atoms with Crippen molar-refractivity contribution in [2.75, 3.05) is 13.1 Å². The molecule has 3 N–H and O–H groups in total. The van der Waals surface area contributed by atoms with E-state index in [-0.39, 0.29) is 29.7 Å². The molecule has 1 aliphatic rings. The maximum atomic E-state index is 13.0. The monoisotopic (exact) mass is 286 g/mol. The molecule has 1 saturated heterocycles. The van der Waals surface area contributed by atoms with Crippen molar-refractivity contribution >= 4 is 15.9 Å². The fourth-order valence-electron chi connectivity index (χ4n) is 2.09. The van der Waals surface area contributed by atoms with Crippen molar-refractivity contribution in [2.45, 2.75) is 17.7 Å². The van der Waals surface area contributed by atoms with Crippen molar-refractivity contribution in [3.63, 3.8) is 0 Å². The molecule has 0 saturated carbocycles. The number of rotatable bonds is 3. The molecule has 0 spiro atoms. The maximum Gasteiger partial charge on any atom is 0.244 e. The van der Waals surface area contributed by atoms with Crippen molar-refractivity contribution in [3.05, 3.63) is 24.3 Å². The van der Waals surface area contributed by atoms with Gasteiger partial charge in [0.15, 0.2) is 0 Å². The van der Waals surface area contributed by atoms with E-state index in [1.165, 1.54) is 4.31 Å². The first-order valence-electron chi connectivity index (χ1n) is 5.86. The summed E-state index contributed by atoms with van der Waals surface area (Å²) in [6.45, 7) is 0.562. The summed E-state index contributed by atoms with van der Waals surface area (Å²) in [5.74, 6) is -0.666. The van der Waals surface area contributed by atoms with Crippen LogP contribution in [-0.2, 0) is 10.0 Å².